The summed E-state index contributed by atoms with van der Waals surface area (Å²) in [4.78, 5) is 2.49. The number of furan rings is 1. The number of hydrogen-bond acceptors (Lipinski definition) is 2. The molecule has 0 saturated heterocycles. The van der Waals surface area contributed by atoms with E-state index in [4.69, 9.17) is 4.42 Å². The zero-order valence-electron chi connectivity index (χ0n) is 38.8. The van der Waals surface area contributed by atoms with Crippen LogP contribution in [-0.4, -0.2) is 4.57 Å². The van der Waals surface area contributed by atoms with Crippen LogP contribution in [0.5, 0.6) is 0 Å². The molecule has 3 aliphatic carbocycles. The standard InChI is InChI=1S/C66H48N2O/c1-66(2,3)44-33-35-46(36-34-44)68(59-26-15-24-54-49-19-12-14-27-60(49)69-65(54)59)58-39-37-47(63-61-50-20-7-9-22-52(50)62(64(58)63)53-23-10-8-21-51(53)61)42-30-28-41(29-31-42)43-32-38-57-55(40-43)48-18-11-13-25-56(48)67(57)45-16-5-4-6-17-45/h4-40,61-62H,1-3H3. The summed E-state index contributed by atoms with van der Waals surface area (Å²) in [6, 6.07) is 83.2. The second kappa shape index (κ2) is 15.1. The predicted molar refractivity (Wildman–Crippen MR) is 287 cm³/mol. The molecule has 328 valence electrons. The Morgan fingerprint density at radius 1 is 0.420 bits per heavy atom. The number of benzene rings is 10. The molecule has 0 spiro atoms. The van der Waals surface area contributed by atoms with Gasteiger partial charge in [0.25, 0.3) is 0 Å². The van der Waals surface area contributed by atoms with E-state index in [0.29, 0.717) is 0 Å². The fourth-order valence-corrected chi connectivity index (χ4v) is 12.0. The van der Waals surface area contributed by atoms with Crippen molar-refractivity contribution in [2.24, 2.45) is 0 Å². The SMILES string of the molecule is CC(C)(C)c1ccc(N(c2ccc(-c3ccc(-c4ccc5c(c4)c4ccccc4n5-c4ccccc4)cc3)c3c2C2c4ccccc4C3c3ccccc32)c2cccc3c2oc2ccccc23)cc1. The molecule has 0 fully saturated rings. The molecule has 0 amide bonds. The maximum Gasteiger partial charge on any atom is 0.159 e. The number of aromatic nitrogens is 1. The lowest BCUT2D eigenvalue weighted by Gasteiger charge is -2.45. The van der Waals surface area contributed by atoms with Gasteiger partial charge in [0.15, 0.2) is 5.58 Å². The highest BCUT2D eigenvalue weighted by Gasteiger charge is 2.45. The van der Waals surface area contributed by atoms with Crippen molar-refractivity contribution in [1.29, 1.82) is 0 Å². The second-order valence-corrected chi connectivity index (χ2v) is 20.0. The summed E-state index contributed by atoms with van der Waals surface area (Å²) in [5, 5.41) is 4.75. The van der Waals surface area contributed by atoms with Crippen molar-refractivity contribution in [2.75, 3.05) is 4.90 Å². The van der Waals surface area contributed by atoms with Crippen molar-refractivity contribution >= 4 is 60.8 Å². The van der Waals surface area contributed by atoms with Crippen molar-refractivity contribution in [3.63, 3.8) is 0 Å². The lowest BCUT2D eigenvalue weighted by atomic mass is 9.59. The van der Waals surface area contributed by atoms with Gasteiger partial charge in [-0.05, 0) is 127 Å². The van der Waals surface area contributed by atoms with Crippen molar-refractivity contribution in [1.82, 2.24) is 4.57 Å². The number of fused-ring (bicyclic) bond motifs is 6. The van der Waals surface area contributed by atoms with Crippen molar-refractivity contribution in [3.05, 3.63) is 263 Å². The quantitative estimate of drug-likeness (QED) is 0.166. The molecule has 0 radical (unpaired) electrons. The van der Waals surface area contributed by atoms with Gasteiger partial charge >= 0.3 is 0 Å². The van der Waals surface area contributed by atoms with Gasteiger partial charge in [-0.1, -0.05) is 185 Å². The van der Waals surface area contributed by atoms with Gasteiger partial charge < -0.3 is 13.9 Å². The first-order chi connectivity index (χ1) is 33.9. The van der Waals surface area contributed by atoms with Crippen molar-refractivity contribution in [3.8, 4) is 27.9 Å². The molecule has 3 aliphatic rings. The Morgan fingerprint density at radius 2 is 1.00 bits per heavy atom. The van der Waals surface area contributed by atoms with E-state index in [-0.39, 0.29) is 17.3 Å². The Balaban J connectivity index is 0.975. The van der Waals surface area contributed by atoms with E-state index in [1.165, 1.54) is 94.4 Å². The Bertz CT molecular complexity index is 3950. The van der Waals surface area contributed by atoms with E-state index >= 15 is 0 Å². The van der Waals surface area contributed by atoms with Crippen LogP contribution in [0.1, 0.15) is 71.6 Å². The normalized spacial score (nSPS) is 14.9. The molecule has 15 rings (SSSR count). The summed E-state index contributed by atoms with van der Waals surface area (Å²) in [7, 11) is 0. The van der Waals surface area contributed by atoms with E-state index in [0.717, 1.165) is 33.3 Å². The highest BCUT2D eigenvalue weighted by atomic mass is 16.3. The summed E-state index contributed by atoms with van der Waals surface area (Å²) in [6.07, 6.45) is 0. The van der Waals surface area contributed by atoms with Crippen molar-refractivity contribution < 1.29 is 4.42 Å². The maximum absolute atomic E-state index is 6.87. The van der Waals surface area contributed by atoms with Gasteiger partial charge in [-0.25, -0.2) is 0 Å². The van der Waals surface area contributed by atoms with Crippen LogP contribution in [0.15, 0.2) is 229 Å². The summed E-state index contributed by atoms with van der Waals surface area (Å²) < 4.78 is 9.25. The minimum atomic E-state index is 0.0145. The van der Waals surface area contributed by atoms with Gasteiger partial charge in [0.1, 0.15) is 5.58 Å². The number of rotatable bonds is 6. The van der Waals surface area contributed by atoms with E-state index in [1.807, 2.05) is 0 Å². The number of nitrogens with zero attached hydrogens (tertiary/aromatic N) is 2. The molecule has 10 aromatic carbocycles. The topological polar surface area (TPSA) is 21.3 Å². The summed E-state index contributed by atoms with van der Waals surface area (Å²) in [6.45, 7) is 6.85. The van der Waals surface area contributed by atoms with Crippen LogP contribution in [0.4, 0.5) is 17.1 Å². The Labute approximate surface area is 402 Å². The molecule has 0 saturated carbocycles. The molecule has 0 N–H and O–H groups in total. The van der Waals surface area contributed by atoms with Crippen LogP contribution in [0.25, 0.3) is 71.7 Å². The van der Waals surface area contributed by atoms with Crippen LogP contribution >= 0.6 is 0 Å². The monoisotopic (exact) mass is 884 g/mol. The van der Waals surface area contributed by atoms with Crippen LogP contribution in [-0.2, 0) is 5.41 Å². The minimum absolute atomic E-state index is 0.0145. The van der Waals surface area contributed by atoms with E-state index in [9.17, 15) is 0 Å². The molecule has 3 heteroatoms. The highest BCUT2D eigenvalue weighted by Crippen LogP contribution is 2.61. The Hall–Kier alpha value is -8.40. The first kappa shape index (κ1) is 39.7. The largest absolute Gasteiger partial charge is 0.454 e. The van der Waals surface area contributed by atoms with E-state index in [2.05, 4.69) is 255 Å². The zero-order chi connectivity index (χ0) is 46.0. The molecular formula is C66H48N2O. The maximum atomic E-state index is 6.87. The van der Waals surface area contributed by atoms with E-state index in [1.54, 1.807) is 0 Å². The number of anilines is 3. The first-order valence-electron chi connectivity index (χ1n) is 24.2. The molecule has 3 nitrogen and oxygen atoms in total. The number of para-hydroxylation sites is 4. The van der Waals surface area contributed by atoms with Crippen LogP contribution in [0.3, 0.4) is 0 Å². The van der Waals surface area contributed by atoms with Crippen LogP contribution < -0.4 is 4.90 Å². The average Bonchev–Trinajstić information content (AvgIpc) is 3.95. The zero-order valence-corrected chi connectivity index (χ0v) is 38.8. The molecule has 2 aromatic heterocycles. The minimum Gasteiger partial charge on any atom is -0.454 e. The van der Waals surface area contributed by atoms with Crippen LogP contribution in [0.2, 0.25) is 0 Å². The molecule has 0 aliphatic heterocycles. The Morgan fingerprint density at radius 3 is 1.71 bits per heavy atom. The molecule has 2 heterocycles. The smallest absolute Gasteiger partial charge is 0.159 e. The second-order valence-electron chi connectivity index (χ2n) is 20.0. The van der Waals surface area contributed by atoms with Gasteiger partial charge in [0.05, 0.1) is 22.4 Å². The molecule has 0 unspecified atom stereocenters. The Kier molecular flexibility index (Phi) is 8.67. The molecule has 2 bridgehead atoms. The number of hydrogen-bond donors (Lipinski definition) is 0. The summed E-state index contributed by atoms with van der Waals surface area (Å²) in [5.74, 6) is 0.0890. The lowest BCUT2D eigenvalue weighted by molar-refractivity contribution is 0.590. The van der Waals surface area contributed by atoms with E-state index < -0.39 is 0 Å². The van der Waals surface area contributed by atoms with Gasteiger partial charge in [-0.15, -0.1) is 0 Å². The molecule has 69 heavy (non-hydrogen) atoms. The molecule has 12 aromatic rings. The predicted octanol–water partition coefficient (Wildman–Crippen LogP) is 17.8. The third kappa shape index (κ3) is 6.00. The van der Waals surface area contributed by atoms with Crippen LogP contribution in [0, 0.1) is 0 Å². The fraction of sp³-hybridized carbons (Fsp3) is 0.0909. The summed E-state index contributed by atoms with van der Waals surface area (Å²) >= 11 is 0. The lowest BCUT2D eigenvalue weighted by Crippen LogP contribution is -2.30. The van der Waals surface area contributed by atoms with Gasteiger partial charge in [0, 0.05) is 44.8 Å². The van der Waals surface area contributed by atoms with Gasteiger partial charge in [0.2, 0.25) is 0 Å². The molecular weight excluding hydrogens is 837 g/mol. The summed E-state index contributed by atoms with van der Waals surface area (Å²) in [5.41, 5.74) is 23.2. The molecule has 0 atom stereocenters. The first-order valence-corrected chi connectivity index (χ1v) is 24.2. The third-order valence-corrected chi connectivity index (χ3v) is 15.2. The fourth-order valence-electron chi connectivity index (χ4n) is 12.0. The van der Waals surface area contributed by atoms with Crippen molar-refractivity contribution in [2.45, 2.75) is 38.0 Å². The van der Waals surface area contributed by atoms with Gasteiger partial charge in [-0.3, -0.25) is 0 Å². The highest BCUT2D eigenvalue weighted by molar-refractivity contribution is 6.12. The average molecular weight is 885 g/mol. The van der Waals surface area contributed by atoms with Gasteiger partial charge in [-0.2, -0.15) is 0 Å². The third-order valence-electron chi connectivity index (χ3n) is 15.2.